The molecule has 2 atom stereocenters. The molecule has 0 spiro atoms. The van der Waals surface area contributed by atoms with Crippen LogP contribution in [0.1, 0.15) is 5.56 Å². The number of hydrogen-bond acceptors (Lipinski definition) is 12. The second-order valence-corrected chi connectivity index (χ2v) is 11.8. The molecule has 202 valence electrons. The lowest BCUT2D eigenvalue weighted by molar-refractivity contribution is -0.150. The molecule has 0 saturated carbocycles. The van der Waals surface area contributed by atoms with Crippen molar-refractivity contribution in [3.63, 3.8) is 0 Å². The summed E-state index contributed by atoms with van der Waals surface area (Å²) in [6.07, 6.45) is -0.144. The van der Waals surface area contributed by atoms with E-state index in [4.69, 9.17) is 9.88 Å². The van der Waals surface area contributed by atoms with Gasteiger partial charge in [0.25, 0.3) is 12.4 Å². The van der Waals surface area contributed by atoms with Crippen LogP contribution in [-0.2, 0) is 42.2 Å². The first-order valence-corrected chi connectivity index (χ1v) is 14.6. The van der Waals surface area contributed by atoms with E-state index in [2.05, 4.69) is 20.8 Å². The molecule has 4 rings (SSSR count). The van der Waals surface area contributed by atoms with Crippen LogP contribution in [0.3, 0.4) is 0 Å². The fraction of sp³-hybridized carbons (Fsp3) is 0.350. The Morgan fingerprint density at radius 1 is 1.34 bits per heavy atom. The lowest BCUT2D eigenvalue weighted by Gasteiger charge is -2.49. The van der Waals surface area contributed by atoms with Gasteiger partial charge >= 0.3 is 5.97 Å². The van der Waals surface area contributed by atoms with Crippen molar-refractivity contribution in [1.29, 1.82) is 0 Å². The molecule has 2 aliphatic rings. The van der Waals surface area contributed by atoms with Crippen molar-refractivity contribution in [1.82, 2.24) is 30.4 Å². The Labute approximate surface area is 224 Å². The summed E-state index contributed by atoms with van der Waals surface area (Å²) in [4.78, 5) is 49.4. The van der Waals surface area contributed by atoms with E-state index >= 15 is 0 Å². The number of sulfonamides is 1. The molecule has 2 aliphatic heterocycles. The molecule has 3 heterocycles. The molecule has 0 bridgehead atoms. The highest BCUT2D eigenvalue weighted by Crippen LogP contribution is 2.41. The van der Waals surface area contributed by atoms with E-state index in [9.17, 15) is 32.7 Å². The maximum absolute atomic E-state index is 12.9. The number of carbonyl (C=O) groups excluding carboxylic acids is 3. The number of tetrazole rings is 1. The molecule has 1 saturated heterocycles. The summed E-state index contributed by atoms with van der Waals surface area (Å²) in [6.45, 7) is 0.177. The summed E-state index contributed by atoms with van der Waals surface area (Å²) in [7, 11) is -3.73. The Bertz CT molecular complexity index is 1410. The van der Waals surface area contributed by atoms with Crippen LogP contribution in [0.25, 0.3) is 0 Å². The van der Waals surface area contributed by atoms with E-state index in [1.165, 1.54) is 22.5 Å². The van der Waals surface area contributed by atoms with Gasteiger partial charge in [0.05, 0.1) is 18.7 Å². The minimum atomic E-state index is -3.73. The van der Waals surface area contributed by atoms with Gasteiger partial charge in [-0.05, 0) is 22.1 Å². The van der Waals surface area contributed by atoms with Gasteiger partial charge in [0, 0.05) is 17.1 Å². The topological polar surface area (TPSA) is 217 Å². The lowest BCUT2D eigenvalue weighted by Crippen LogP contribution is -2.70. The van der Waals surface area contributed by atoms with Crippen LogP contribution in [0.4, 0.5) is 0 Å². The number of carbonyl (C=O) groups is 4. The molecule has 15 nitrogen and oxygen atoms in total. The number of ether oxygens (including phenoxy) is 1. The number of carboxylic acids is 1. The monoisotopic (exact) mass is 583 g/mol. The van der Waals surface area contributed by atoms with Crippen molar-refractivity contribution in [2.75, 3.05) is 17.3 Å². The normalized spacial score (nSPS) is 19.0. The molecule has 1 aromatic heterocycles. The smallest absolute Gasteiger partial charge is 0.352 e. The van der Waals surface area contributed by atoms with Crippen LogP contribution >= 0.6 is 23.5 Å². The molecule has 18 heteroatoms. The zero-order valence-corrected chi connectivity index (χ0v) is 21.9. The number of nitrogens with two attached hydrogens (primary N) is 1. The minimum absolute atomic E-state index is 0.0758. The Morgan fingerprint density at radius 3 is 2.82 bits per heavy atom. The second kappa shape index (κ2) is 11.5. The Hall–Kier alpha value is -3.48. The summed E-state index contributed by atoms with van der Waals surface area (Å²) in [6, 6.07) is 5.55. The maximum Gasteiger partial charge on any atom is 0.352 e. The van der Waals surface area contributed by atoms with Gasteiger partial charge in [0.1, 0.15) is 22.9 Å². The predicted octanol–water partition coefficient (Wildman–Crippen LogP) is -1.43. The molecular formula is C20H21N7O8S3. The fourth-order valence-corrected chi connectivity index (χ4v) is 6.63. The number of primary sulfonamides is 1. The number of rotatable bonds is 12. The number of para-hydroxylation sites is 1. The number of aliphatic carboxylic acids is 1. The third kappa shape index (κ3) is 6.14. The first-order valence-electron chi connectivity index (χ1n) is 10.9. The van der Waals surface area contributed by atoms with Crippen LogP contribution in [0, 0.1) is 0 Å². The number of amides is 2. The van der Waals surface area contributed by atoms with E-state index in [1.807, 2.05) is 0 Å². The molecule has 1 fully saturated rings. The third-order valence-electron chi connectivity index (χ3n) is 5.53. The highest BCUT2D eigenvalue weighted by atomic mass is 32.2. The number of thioether (sulfide) groups is 2. The Kier molecular flexibility index (Phi) is 8.34. The Morgan fingerprint density at radius 2 is 2.11 bits per heavy atom. The first kappa shape index (κ1) is 27.6. The average molecular weight is 584 g/mol. The largest absolute Gasteiger partial charge is 0.477 e. The molecular weight excluding hydrogens is 562 g/mol. The molecule has 4 N–H and O–H groups in total. The standard InChI is InChI=1S/C20H21N7O8S3/c21-38(33,34)6-5-26-20(23-24-25-26)37-9-12-8-36-18-15(17(30)27(18)16(12)19(31)32)22-14(29)7-11-3-1-2-4-13(11)35-10-28/h1-4,10,15,18H,5-9H2,(H,22,29)(H,31,32)(H2,21,33,34)/t15?,18-/m1/s1. The summed E-state index contributed by atoms with van der Waals surface area (Å²) in [5.74, 6) is -2.10. The summed E-state index contributed by atoms with van der Waals surface area (Å²) in [5.41, 5.74) is 0.724. The van der Waals surface area contributed by atoms with Crippen LogP contribution in [0.2, 0.25) is 0 Å². The van der Waals surface area contributed by atoms with Crippen molar-refractivity contribution in [3.05, 3.63) is 41.1 Å². The van der Waals surface area contributed by atoms with E-state index in [1.54, 1.807) is 18.2 Å². The molecule has 38 heavy (non-hydrogen) atoms. The minimum Gasteiger partial charge on any atom is -0.477 e. The lowest BCUT2D eigenvalue weighted by atomic mass is 10.0. The summed E-state index contributed by atoms with van der Waals surface area (Å²) >= 11 is 2.39. The van der Waals surface area contributed by atoms with Crippen LogP contribution in [0.5, 0.6) is 5.75 Å². The van der Waals surface area contributed by atoms with Crippen molar-refractivity contribution >= 4 is 57.8 Å². The molecule has 0 aliphatic carbocycles. The number of hydrogen-bond donors (Lipinski definition) is 3. The molecule has 2 aromatic rings. The van der Waals surface area contributed by atoms with Crippen LogP contribution in [-0.4, -0.2) is 91.6 Å². The number of aromatic nitrogens is 4. The molecule has 1 unspecified atom stereocenters. The van der Waals surface area contributed by atoms with Crippen molar-refractivity contribution in [2.45, 2.75) is 29.5 Å². The van der Waals surface area contributed by atoms with Crippen molar-refractivity contribution in [2.24, 2.45) is 5.14 Å². The van der Waals surface area contributed by atoms with Gasteiger partial charge in [0.2, 0.25) is 21.1 Å². The van der Waals surface area contributed by atoms with Gasteiger partial charge in [-0.3, -0.25) is 19.3 Å². The number of β-lactam (4-membered cyclic amide) rings is 1. The molecule has 1 aromatic carbocycles. The number of nitrogens with one attached hydrogen (secondary N) is 1. The van der Waals surface area contributed by atoms with Gasteiger partial charge in [-0.2, -0.15) is 0 Å². The SMILES string of the molecule is NS(=O)(=O)CCn1nnnc1SCC1=C(C(=O)O)N2C(=O)C(NC(=O)Cc3ccccc3OC=O)[C@H]2SC1. The molecule has 0 radical (unpaired) electrons. The van der Waals surface area contributed by atoms with Gasteiger partial charge in [-0.15, -0.1) is 16.9 Å². The quantitative estimate of drug-likeness (QED) is 0.148. The van der Waals surface area contributed by atoms with Crippen molar-refractivity contribution in [3.8, 4) is 5.75 Å². The average Bonchev–Trinajstić information content (AvgIpc) is 3.32. The van der Waals surface area contributed by atoms with E-state index < -0.39 is 39.2 Å². The number of carboxylic acid groups (broad SMARTS) is 1. The Balaban J connectivity index is 1.42. The summed E-state index contributed by atoms with van der Waals surface area (Å²) < 4.78 is 28.6. The highest BCUT2D eigenvalue weighted by Gasteiger charge is 2.54. The van der Waals surface area contributed by atoms with E-state index in [-0.39, 0.29) is 53.3 Å². The predicted molar refractivity (Wildman–Crippen MR) is 133 cm³/mol. The highest BCUT2D eigenvalue weighted by molar-refractivity contribution is 8.01. The number of nitrogens with zero attached hydrogens (tertiary/aromatic N) is 5. The van der Waals surface area contributed by atoms with E-state index in [0.717, 1.165) is 16.7 Å². The maximum atomic E-state index is 12.9. The van der Waals surface area contributed by atoms with Crippen LogP contribution in [0.15, 0.2) is 40.7 Å². The van der Waals surface area contributed by atoms with E-state index in [0.29, 0.717) is 11.1 Å². The fourth-order valence-electron chi connectivity index (χ4n) is 3.81. The zero-order chi connectivity index (χ0) is 27.4. The zero-order valence-electron chi connectivity index (χ0n) is 19.4. The van der Waals surface area contributed by atoms with Gasteiger partial charge < -0.3 is 15.2 Å². The molecule has 2 amide bonds. The van der Waals surface area contributed by atoms with Gasteiger partial charge in [-0.25, -0.2) is 23.0 Å². The number of aryl methyl sites for hydroxylation is 1. The van der Waals surface area contributed by atoms with Crippen molar-refractivity contribution < 1.29 is 37.4 Å². The number of benzene rings is 1. The van der Waals surface area contributed by atoms with Gasteiger partial charge in [-0.1, -0.05) is 30.0 Å². The summed E-state index contributed by atoms with van der Waals surface area (Å²) in [5, 5.41) is 28.2. The second-order valence-electron chi connectivity index (χ2n) is 8.05. The first-order chi connectivity index (χ1) is 18.1. The van der Waals surface area contributed by atoms with Gasteiger partial charge in [0.15, 0.2) is 0 Å². The van der Waals surface area contributed by atoms with Crippen LogP contribution < -0.4 is 15.2 Å². The number of fused-ring (bicyclic) bond motifs is 1. The third-order valence-corrected chi connectivity index (χ3v) is 8.66.